The number of nitrogens with zero attached hydrogens (tertiary/aromatic N) is 4. The molecule has 0 aromatic heterocycles. The maximum Gasteiger partial charge on any atom is 0.269 e. The lowest BCUT2D eigenvalue weighted by Crippen LogP contribution is -2.35. The number of hydrogen-bond acceptors (Lipinski definition) is 5. The van der Waals surface area contributed by atoms with Gasteiger partial charge in [0, 0.05) is 30.8 Å². The lowest BCUT2D eigenvalue weighted by atomic mass is 10.0. The number of carbonyl (C=O) groups excluding carboxylic acids is 1. The van der Waals surface area contributed by atoms with Gasteiger partial charge in [0.2, 0.25) is 0 Å². The van der Waals surface area contributed by atoms with Crippen LogP contribution in [-0.4, -0.2) is 28.8 Å². The number of nitro benzene ring substituents is 1. The molecule has 0 spiro atoms. The molecule has 1 amide bonds. The summed E-state index contributed by atoms with van der Waals surface area (Å²) in [5.41, 5.74) is 1.78. The Labute approximate surface area is 171 Å². The first-order chi connectivity index (χ1) is 14.0. The molecule has 0 heterocycles. The van der Waals surface area contributed by atoms with E-state index in [2.05, 4.69) is 31.0 Å². The minimum absolute atomic E-state index is 0.0110. The zero-order chi connectivity index (χ0) is 21.2. The van der Waals surface area contributed by atoms with Crippen LogP contribution >= 0.6 is 0 Å². The second kappa shape index (κ2) is 11.0. The van der Waals surface area contributed by atoms with Crippen LogP contribution in [0.15, 0.2) is 58.8 Å². The number of hydrogen-bond donors (Lipinski definition) is 0. The predicted octanol–water partition coefficient (Wildman–Crippen LogP) is 6.30. The number of rotatable bonds is 10. The van der Waals surface area contributed by atoms with Crippen LogP contribution in [0.5, 0.6) is 0 Å². The number of nitro groups is 1. The van der Waals surface area contributed by atoms with Crippen LogP contribution in [0.4, 0.5) is 17.1 Å². The average molecular weight is 396 g/mol. The molecule has 0 aliphatic carbocycles. The maximum absolute atomic E-state index is 12.9. The molecule has 0 radical (unpaired) electrons. The lowest BCUT2D eigenvalue weighted by Gasteiger charge is -2.26. The summed E-state index contributed by atoms with van der Waals surface area (Å²) >= 11 is 0. The van der Waals surface area contributed by atoms with E-state index in [1.807, 2.05) is 4.90 Å². The van der Waals surface area contributed by atoms with Crippen molar-refractivity contribution < 1.29 is 9.72 Å². The Morgan fingerprint density at radius 2 is 1.48 bits per heavy atom. The number of azo groups is 1. The van der Waals surface area contributed by atoms with Crippen molar-refractivity contribution in [1.82, 2.24) is 4.90 Å². The van der Waals surface area contributed by atoms with E-state index >= 15 is 0 Å². The number of amides is 1. The molecule has 0 saturated carbocycles. The van der Waals surface area contributed by atoms with Crippen LogP contribution in [0, 0.1) is 16.0 Å². The quantitative estimate of drug-likeness (QED) is 0.268. The van der Waals surface area contributed by atoms with Crippen molar-refractivity contribution in [2.75, 3.05) is 13.1 Å². The molecule has 2 rings (SSSR count). The summed E-state index contributed by atoms with van der Waals surface area (Å²) in [6.45, 7) is 7.92. The molecule has 2 aromatic carbocycles. The Bertz CT molecular complexity index is 828. The Morgan fingerprint density at radius 1 is 0.966 bits per heavy atom. The number of carbonyl (C=O) groups is 1. The monoisotopic (exact) mass is 396 g/mol. The Hall–Kier alpha value is -3.09. The van der Waals surface area contributed by atoms with Gasteiger partial charge >= 0.3 is 0 Å². The van der Waals surface area contributed by atoms with Crippen LogP contribution in [0.25, 0.3) is 0 Å². The Balaban J connectivity index is 2.07. The normalized spacial score (nSPS) is 11.2. The topological polar surface area (TPSA) is 88.2 Å². The highest BCUT2D eigenvalue weighted by Gasteiger charge is 2.18. The second-order valence-corrected chi connectivity index (χ2v) is 6.95. The van der Waals surface area contributed by atoms with Crippen molar-refractivity contribution in [3.05, 3.63) is 64.2 Å². The molecule has 2 aromatic rings. The molecule has 0 N–H and O–H groups in total. The fourth-order valence-electron chi connectivity index (χ4n) is 3.01. The van der Waals surface area contributed by atoms with E-state index in [0.717, 1.165) is 32.4 Å². The second-order valence-electron chi connectivity index (χ2n) is 6.95. The van der Waals surface area contributed by atoms with E-state index in [1.54, 1.807) is 36.4 Å². The summed E-state index contributed by atoms with van der Waals surface area (Å²) in [6.07, 6.45) is 3.05. The maximum atomic E-state index is 12.9. The SMILES string of the molecule is CCCN(CC(CC)CC)C(=O)c1ccc(N=Nc2ccc([N+](=O)[O-])cc2)cc1. The molecule has 0 fully saturated rings. The highest BCUT2D eigenvalue weighted by atomic mass is 16.6. The molecule has 7 heteroatoms. The molecular formula is C22H28N4O3. The molecule has 154 valence electrons. The summed E-state index contributed by atoms with van der Waals surface area (Å²) in [4.78, 5) is 25.1. The van der Waals surface area contributed by atoms with Crippen molar-refractivity contribution >= 4 is 23.0 Å². The molecule has 0 atom stereocenters. The average Bonchev–Trinajstić information content (AvgIpc) is 2.75. The van der Waals surface area contributed by atoms with Gasteiger partial charge in [0.05, 0.1) is 16.3 Å². The predicted molar refractivity (Wildman–Crippen MR) is 114 cm³/mol. The van der Waals surface area contributed by atoms with Gasteiger partial charge in [-0.1, -0.05) is 33.6 Å². The number of benzene rings is 2. The third-order valence-electron chi connectivity index (χ3n) is 4.87. The van der Waals surface area contributed by atoms with Gasteiger partial charge in [0.15, 0.2) is 0 Å². The number of non-ortho nitro benzene ring substituents is 1. The van der Waals surface area contributed by atoms with E-state index in [9.17, 15) is 14.9 Å². The summed E-state index contributed by atoms with van der Waals surface area (Å²) in [6, 6.07) is 12.9. The Kier molecular flexibility index (Phi) is 8.45. The minimum Gasteiger partial charge on any atom is -0.338 e. The van der Waals surface area contributed by atoms with E-state index in [1.165, 1.54) is 12.1 Å². The van der Waals surface area contributed by atoms with Gasteiger partial charge in [-0.15, -0.1) is 0 Å². The largest absolute Gasteiger partial charge is 0.338 e. The highest BCUT2D eigenvalue weighted by Crippen LogP contribution is 2.22. The Morgan fingerprint density at radius 3 is 1.93 bits per heavy atom. The standard InChI is InChI=1S/C22H28N4O3/c1-4-15-25(16-17(5-2)6-3)22(27)18-7-9-19(10-8-18)23-24-20-11-13-21(14-12-20)26(28)29/h7-14,17H,4-6,15-16H2,1-3H3. The first-order valence-electron chi connectivity index (χ1n) is 10.0. The van der Waals surface area contributed by atoms with Gasteiger partial charge in [0.25, 0.3) is 11.6 Å². The third kappa shape index (κ3) is 6.48. The molecule has 0 aliphatic heterocycles. The van der Waals surface area contributed by atoms with Gasteiger partial charge in [-0.2, -0.15) is 10.2 Å². The summed E-state index contributed by atoms with van der Waals surface area (Å²) in [7, 11) is 0. The van der Waals surface area contributed by atoms with Gasteiger partial charge in [-0.3, -0.25) is 14.9 Å². The van der Waals surface area contributed by atoms with E-state index in [4.69, 9.17) is 0 Å². The van der Waals surface area contributed by atoms with Gasteiger partial charge in [0.1, 0.15) is 0 Å². The minimum atomic E-state index is -0.457. The van der Waals surface area contributed by atoms with Crippen molar-refractivity contribution in [2.45, 2.75) is 40.0 Å². The summed E-state index contributed by atoms with van der Waals surface area (Å²) < 4.78 is 0. The summed E-state index contributed by atoms with van der Waals surface area (Å²) in [5.74, 6) is 0.554. The van der Waals surface area contributed by atoms with Gasteiger partial charge in [-0.25, -0.2) is 0 Å². The van der Waals surface area contributed by atoms with Crippen LogP contribution in [0.1, 0.15) is 50.4 Å². The lowest BCUT2D eigenvalue weighted by molar-refractivity contribution is -0.384. The van der Waals surface area contributed by atoms with E-state index in [-0.39, 0.29) is 11.6 Å². The molecule has 0 bridgehead atoms. The first-order valence-corrected chi connectivity index (χ1v) is 10.0. The molecule has 0 saturated heterocycles. The molecule has 7 nitrogen and oxygen atoms in total. The molecule has 0 unspecified atom stereocenters. The highest BCUT2D eigenvalue weighted by molar-refractivity contribution is 5.94. The van der Waals surface area contributed by atoms with Crippen molar-refractivity contribution in [3.63, 3.8) is 0 Å². The molecular weight excluding hydrogens is 368 g/mol. The van der Waals surface area contributed by atoms with Gasteiger partial charge in [-0.05, 0) is 48.7 Å². The molecule has 0 aliphatic rings. The van der Waals surface area contributed by atoms with Crippen molar-refractivity contribution in [2.24, 2.45) is 16.1 Å². The zero-order valence-corrected chi connectivity index (χ0v) is 17.2. The van der Waals surface area contributed by atoms with E-state index < -0.39 is 4.92 Å². The third-order valence-corrected chi connectivity index (χ3v) is 4.87. The van der Waals surface area contributed by atoms with Gasteiger partial charge < -0.3 is 4.90 Å². The summed E-state index contributed by atoms with van der Waals surface area (Å²) in [5, 5.41) is 18.9. The zero-order valence-electron chi connectivity index (χ0n) is 17.2. The fraction of sp³-hybridized carbons (Fsp3) is 0.409. The van der Waals surface area contributed by atoms with Crippen LogP contribution in [0.2, 0.25) is 0 Å². The van der Waals surface area contributed by atoms with Crippen molar-refractivity contribution in [3.8, 4) is 0 Å². The van der Waals surface area contributed by atoms with Crippen LogP contribution in [0.3, 0.4) is 0 Å². The first kappa shape index (κ1) is 22.2. The molecule has 29 heavy (non-hydrogen) atoms. The van der Waals surface area contributed by atoms with Crippen molar-refractivity contribution in [1.29, 1.82) is 0 Å². The smallest absolute Gasteiger partial charge is 0.269 e. The van der Waals surface area contributed by atoms with Crippen LogP contribution in [-0.2, 0) is 0 Å². The fourth-order valence-corrected chi connectivity index (χ4v) is 3.01. The van der Waals surface area contributed by atoms with Crippen LogP contribution < -0.4 is 0 Å². The van der Waals surface area contributed by atoms with E-state index in [0.29, 0.717) is 22.9 Å².